The van der Waals surface area contributed by atoms with Gasteiger partial charge in [-0.05, 0) is 18.6 Å². The first kappa shape index (κ1) is 26.7. The molecule has 2 aromatic carbocycles. The maximum Gasteiger partial charge on any atom is 0.273 e. The molecule has 1 unspecified atom stereocenters. The predicted molar refractivity (Wildman–Crippen MR) is 140 cm³/mol. The molecule has 9 nitrogen and oxygen atoms in total. The summed E-state index contributed by atoms with van der Waals surface area (Å²) in [7, 11) is 3.28. The van der Waals surface area contributed by atoms with Gasteiger partial charge >= 0.3 is 0 Å². The molecular weight excluding hydrogens is 472 g/mol. The molecule has 0 saturated carbocycles. The number of amides is 1. The van der Waals surface area contributed by atoms with E-state index >= 15 is 0 Å². The molecule has 9 heteroatoms. The molecule has 0 aliphatic carbocycles. The van der Waals surface area contributed by atoms with Crippen molar-refractivity contribution in [2.75, 3.05) is 53.6 Å². The van der Waals surface area contributed by atoms with Crippen LogP contribution >= 0.6 is 0 Å². The highest BCUT2D eigenvalue weighted by molar-refractivity contribution is 5.92. The Hall–Kier alpha value is -3.40. The molecule has 1 saturated heterocycles. The molecule has 1 aliphatic heterocycles. The molecule has 4 rings (SSSR count). The topological polar surface area (TPSA) is 89.3 Å². The van der Waals surface area contributed by atoms with Crippen LogP contribution < -0.4 is 14.8 Å². The van der Waals surface area contributed by atoms with Crippen LogP contribution in [0, 0.1) is 0 Å². The standard InChI is InChI=1S/C28H36N4O5/c1-21(22-8-5-4-6-9-22)29-28(33)24-20-37-26(30-24)19-32(13-12-31-14-16-36-17-15-31)18-23-10-7-11-25(34-2)27(23)35-3/h4-11,20-21H,12-19H2,1-3H3,(H,29,33). The number of para-hydroxylation sites is 1. The van der Waals surface area contributed by atoms with Crippen molar-refractivity contribution < 1.29 is 23.4 Å². The van der Waals surface area contributed by atoms with Gasteiger partial charge in [0.05, 0.1) is 40.0 Å². The Labute approximate surface area is 218 Å². The lowest BCUT2D eigenvalue weighted by Gasteiger charge is -2.30. The second kappa shape index (κ2) is 13.2. The van der Waals surface area contributed by atoms with Gasteiger partial charge < -0.3 is 23.9 Å². The molecule has 2 heterocycles. The van der Waals surface area contributed by atoms with E-state index in [2.05, 4.69) is 20.1 Å². The van der Waals surface area contributed by atoms with Crippen LogP contribution in [-0.4, -0.2) is 74.3 Å². The lowest BCUT2D eigenvalue weighted by molar-refractivity contribution is 0.0320. The van der Waals surface area contributed by atoms with Crippen LogP contribution in [0.15, 0.2) is 59.2 Å². The normalized spacial score (nSPS) is 14.9. The Balaban J connectivity index is 1.45. The van der Waals surface area contributed by atoms with E-state index in [4.69, 9.17) is 18.6 Å². The molecule has 1 fully saturated rings. The molecule has 1 aromatic heterocycles. The van der Waals surface area contributed by atoms with Crippen LogP contribution in [0.4, 0.5) is 0 Å². The summed E-state index contributed by atoms with van der Waals surface area (Å²) < 4.78 is 22.4. The minimum Gasteiger partial charge on any atom is -0.493 e. The van der Waals surface area contributed by atoms with Crippen molar-refractivity contribution in [3.63, 3.8) is 0 Å². The fraction of sp³-hybridized carbons (Fsp3) is 0.429. The SMILES string of the molecule is COc1cccc(CN(CCN2CCOCC2)Cc2nc(C(=O)NC(C)c3ccccc3)co2)c1OC. The van der Waals surface area contributed by atoms with Crippen LogP contribution in [0.5, 0.6) is 11.5 Å². The number of methoxy groups -OCH3 is 2. The Bertz CT molecular complexity index is 1130. The minimum atomic E-state index is -0.263. The number of hydrogen-bond acceptors (Lipinski definition) is 8. The average molecular weight is 509 g/mol. The molecular formula is C28H36N4O5. The highest BCUT2D eigenvalue weighted by atomic mass is 16.5. The van der Waals surface area contributed by atoms with Gasteiger partial charge in [-0.1, -0.05) is 42.5 Å². The first-order valence-corrected chi connectivity index (χ1v) is 12.6. The molecule has 0 radical (unpaired) electrons. The van der Waals surface area contributed by atoms with Crippen molar-refractivity contribution >= 4 is 5.91 Å². The van der Waals surface area contributed by atoms with E-state index in [0.29, 0.717) is 30.5 Å². The van der Waals surface area contributed by atoms with Gasteiger partial charge in [0.15, 0.2) is 17.2 Å². The number of carbonyl (C=O) groups excluding carboxylic acids is 1. The van der Waals surface area contributed by atoms with Crippen molar-refractivity contribution in [2.45, 2.75) is 26.1 Å². The van der Waals surface area contributed by atoms with E-state index in [9.17, 15) is 4.79 Å². The van der Waals surface area contributed by atoms with E-state index in [0.717, 1.165) is 50.5 Å². The maximum atomic E-state index is 12.8. The molecule has 37 heavy (non-hydrogen) atoms. The fourth-order valence-corrected chi connectivity index (χ4v) is 4.42. The van der Waals surface area contributed by atoms with Gasteiger partial charge in [-0.2, -0.15) is 0 Å². The summed E-state index contributed by atoms with van der Waals surface area (Å²) >= 11 is 0. The van der Waals surface area contributed by atoms with Crippen LogP contribution in [0.3, 0.4) is 0 Å². The van der Waals surface area contributed by atoms with Gasteiger partial charge in [0, 0.05) is 38.3 Å². The summed E-state index contributed by atoms with van der Waals surface area (Å²) in [5, 5.41) is 2.99. The van der Waals surface area contributed by atoms with Crippen LogP contribution in [0.25, 0.3) is 0 Å². The molecule has 1 aliphatic rings. The number of hydrogen-bond donors (Lipinski definition) is 1. The van der Waals surface area contributed by atoms with Gasteiger partial charge in [-0.15, -0.1) is 0 Å². The van der Waals surface area contributed by atoms with Crippen molar-refractivity contribution in [3.05, 3.63) is 77.5 Å². The van der Waals surface area contributed by atoms with Crippen molar-refractivity contribution in [1.82, 2.24) is 20.1 Å². The molecule has 0 bridgehead atoms. The second-order valence-corrected chi connectivity index (χ2v) is 9.05. The first-order valence-electron chi connectivity index (χ1n) is 12.6. The number of morpholine rings is 1. The van der Waals surface area contributed by atoms with E-state index < -0.39 is 0 Å². The second-order valence-electron chi connectivity index (χ2n) is 9.05. The molecule has 1 N–H and O–H groups in total. The molecule has 1 atom stereocenters. The molecule has 0 spiro atoms. The van der Waals surface area contributed by atoms with Gasteiger partial charge in [0.25, 0.3) is 5.91 Å². The third-order valence-electron chi connectivity index (χ3n) is 6.51. The predicted octanol–water partition coefficient (Wildman–Crippen LogP) is 3.52. The van der Waals surface area contributed by atoms with E-state index in [-0.39, 0.29) is 17.6 Å². The zero-order chi connectivity index (χ0) is 26.0. The van der Waals surface area contributed by atoms with Crippen LogP contribution in [-0.2, 0) is 17.8 Å². The third-order valence-corrected chi connectivity index (χ3v) is 6.51. The zero-order valence-corrected chi connectivity index (χ0v) is 21.8. The maximum absolute atomic E-state index is 12.8. The average Bonchev–Trinajstić information content (AvgIpc) is 3.41. The number of oxazole rings is 1. The van der Waals surface area contributed by atoms with Gasteiger partial charge in [-0.25, -0.2) is 4.98 Å². The highest BCUT2D eigenvalue weighted by Crippen LogP contribution is 2.31. The number of nitrogens with zero attached hydrogens (tertiary/aromatic N) is 3. The lowest BCUT2D eigenvalue weighted by atomic mass is 10.1. The van der Waals surface area contributed by atoms with Crippen molar-refractivity contribution in [2.24, 2.45) is 0 Å². The van der Waals surface area contributed by atoms with Crippen LogP contribution in [0.1, 0.15) is 40.5 Å². The summed E-state index contributed by atoms with van der Waals surface area (Å²) in [6.45, 7) is 8.02. The van der Waals surface area contributed by atoms with Crippen LogP contribution in [0.2, 0.25) is 0 Å². The summed E-state index contributed by atoms with van der Waals surface area (Å²) in [5.41, 5.74) is 2.30. The van der Waals surface area contributed by atoms with Gasteiger partial charge in [0.2, 0.25) is 5.89 Å². The van der Waals surface area contributed by atoms with Gasteiger partial charge in [0.1, 0.15) is 6.26 Å². The number of carbonyl (C=O) groups is 1. The van der Waals surface area contributed by atoms with E-state index in [1.807, 2.05) is 55.5 Å². The van der Waals surface area contributed by atoms with E-state index in [1.54, 1.807) is 14.2 Å². The number of ether oxygens (including phenoxy) is 3. The smallest absolute Gasteiger partial charge is 0.273 e. The Morgan fingerprint density at radius 2 is 1.86 bits per heavy atom. The quantitative estimate of drug-likeness (QED) is 0.398. The number of nitrogens with one attached hydrogen (secondary N) is 1. The number of benzene rings is 2. The number of aromatic nitrogens is 1. The Morgan fingerprint density at radius 3 is 2.59 bits per heavy atom. The summed E-state index contributed by atoms with van der Waals surface area (Å²) in [6, 6.07) is 15.6. The van der Waals surface area contributed by atoms with E-state index in [1.165, 1.54) is 6.26 Å². The highest BCUT2D eigenvalue weighted by Gasteiger charge is 2.20. The Morgan fingerprint density at radius 1 is 1.08 bits per heavy atom. The molecule has 3 aromatic rings. The monoisotopic (exact) mass is 508 g/mol. The fourth-order valence-electron chi connectivity index (χ4n) is 4.42. The zero-order valence-electron chi connectivity index (χ0n) is 21.8. The molecule has 198 valence electrons. The lowest BCUT2D eigenvalue weighted by Crippen LogP contribution is -2.41. The number of rotatable bonds is 12. The largest absolute Gasteiger partial charge is 0.493 e. The third kappa shape index (κ3) is 7.31. The molecule has 1 amide bonds. The minimum absolute atomic E-state index is 0.139. The first-order chi connectivity index (χ1) is 18.1. The van der Waals surface area contributed by atoms with Gasteiger partial charge in [-0.3, -0.25) is 14.6 Å². The summed E-state index contributed by atoms with van der Waals surface area (Å²) in [6.07, 6.45) is 1.43. The Kier molecular flexibility index (Phi) is 9.53. The van der Waals surface area contributed by atoms with Crippen molar-refractivity contribution in [1.29, 1.82) is 0 Å². The summed E-state index contributed by atoms with van der Waals surface area (Å²) in [4.78, 5) is 21.9. The van der Waals surface area contributed by atoms with Crippen molar-refractivity contribution in [3.8, 4) is 11.5 Å². The summed E-state index contributed by atoms with van der Waals surface area (Å²) in [5.74, 6) is 1.63.